The van der Waals surface area contributed by atoms with Crippen molar-refractivity contribution in [2.24, 2.45) is 0 Å². The Labute approximate surface area is 252 Å². The van der Waals surface area contributed by atoms with Gasteiger partial charge in [0.2, 0.25) is 11.8 Å². The minimum atomic E-state index is -4.17. The zero-order valence-electron chi connectivity index (χ0n) is 23.2. The number of amides is 2. The number of hydrogen-bond donors (Lipinski definition) is 1. The smallest absolute Gasteiger partial charge is 0.264 e. The highest BCUT2D eigenvalue weighted by Crippen LogP contribution is 2.31. The van der Waals surface area contributed by atoms with Gasteiger partial charge in [0.05, 0.1) is 10.6 Å². The summed E-state index contributed by atoms with van der Waals surface area (Å²) in [5, 5.41) is 3.92. The molecule has 1 N–H and O–H groups in total. The fraction of sp³-hybridized carbons (Fsp3) is 0.355. The number of anilines is 1. The maximum absolute atomic E-state index is 14.1. The molecule has 0 spiro atoms. The monoisotopic (exact) mass is 615 g/mol. The van der Waals surface area contributed by atoms with Crippen molar-refractivity contribution in [3.05, 3.63) is 94.0 Å². The molecular formula is C31H35Cl2N3O4S. The summed E-state index contributed by atoms with van der Waals surface area (Å²) in [7, 11) is -4.17. The molecule has 0 aliphatic heterocycles. The quantitative estimate of drug-likeness (QED) is 0.287. The Morgan fingerprint density at radius 3 is 2.22 bits per heavy atom. The lowest BCUT2D eigenvalue weighted by Gasteiger charge is -2.33. The van der Waals surface area contributed by atoms with Gasteiger partial charge in [-0.1, -0.05) is 84.9 Å². The van der Waals surface area contributed by atoms with Crippen LogP contribution in [-0.4, -0.2) is 43.8 Å². The second kappa shape index (κ2) is 13.7. The predicted molar refractivity (Wildman–Crippen MR) is 164 cm³/mol. The summed E-state index contributed by atoms with van der Waals surface area (Å²) in [6, 6.07) is 19.1. The van der Waals surface area contributed by atoms with E-state index < -0.39 is 28.5 Å². The SMILES string of the molecule is Cc1c(Cl)cccc1N(CC(=O)N(Cc1ccccc1Cl)[C@@H](C)C(=O)NC1CCCCC1)S(=O)(=O)c1ccccc1. The second-order valence-electron chi connectivity index (χ2n) is 10.3. The number of nitrogens with one attached hydrogen (secondary N) is 1. The first-order valence-corrected chi connectivity index (χ1v) is 16.0. The van der Waals surface area contributed by atoms with Crippen molar-refractivity contribution in [3.8, 4) is 0 Å². The van der Waals surface area contributed by atoms with Crippen molar-refractivity contribution in [1.29, 1.82) is 0 Å². The molecule has 41 heavy (non-hydrogen) atoms. The fourth-order valence-electron chi connectivity index (χ4n) is 5.06. The summed E-state index contributed by atoms with van der Waals surface area (Å²) >= 11 is 12.8. The summed E-state index contributed by atoms with van der Waals surface area (Å²) in [5.41, 5.74) is 1.45. The molecule has 0 radical (unpaired) electrons. The third-order valence-electron chi connectivity index (χ3n) is 7.54. The maximum Gasteiger partial charge on any atom is 0.264 e. The van der Waals surface area contributed by atoms with E-state index in [-0.39, 0.29) is 29.1 Å². The van der Waals surface area contributed by atoms with E-state index >= 15 is 0 Å². The number of benzene rings is 3. The lowest BCUT2D eigenvalue weighted by Crippen LogP contribution is -2.53. The van der Waals surface area contributed by atoms with Gasteiger partial charge in [-0.3, -0.25) is 13.9 Å². The molecule has 218 valence electrons. The summed E-state index contributed by atoms with van der Waals surface area (Å²) in [5.74, 6) is -0.830. The van der Waals surface area contributed by atoms with Crippen LogP contribution in [0.3, 0.4) is 0 Å². The van der Waals surface area contributed by atoms with Gasteiger partial charge < -0.3 is 10.2 Å². The van der Waals surface area contributed by atoms with E-state index in [2.05, 4.69) is 5.32 Å². The van der Waals surface area contributed by atoms with Crippen molar-refractivity contribution in [2.45, 2.75) is 69.5 Å². The van der Waals surface area contributed by atoms with Crippen LogP contribution in [0.15, 0.2) is 77.7 Å². The van der Waals surface area contributed by atoms with Gasteiger partial charge in [-0.05, 0) is 68.1 Å². The van der Waals surface area contributed by atoms with Gasteiger partial charge in [0.15, 0.2) is 0 Å². The highest BCUT2D eigenvalue weighted by molar-refractivity contribution is 7.92. The number of sulfonamides is 1. The number of rotatable bonds is 10. The molecule has 0 aromatic heterocycles. The molecule has 7 nitrogen and oxygen atoms in total. The van der Waals surface area contributed by atoms with Gasteiger partial charge in [-0.15, -0.1) is 0 Å². The number of hydrogen-bond acceptors (Lipinski definition) is 4. The summed E-state index contributed by atoms with van der Waals surface area (Å²) in [6.45, 7) is 2.86. The van der Waals surface area contributed by atoms with Crippen LogP contribution < -0.4 is 9.62 Å². The average Bonchev–Trinajstić information content (AvgIpc) is 2.97. The molecule has 4 rings (SSSR count). The maximum atomic E-state index is 14.1. The molecule has 10 heteroatoms. The van der Waals surface area contributed by atoms with Crippen molar-refractivity contribution in [1.82, 2.24) is 10.2 Å². The Hall–Kier alpha value is -3.07. The van der Waals surface area contributed by atoms with E-state index in [0.717, 1.165) is 36.4 Å². The highest BCUT2D eigenvalue weighted by atomic mass is 35.5. The van der Waals surface area contributed by atoms with E-state index in [4.69, 9.17) is 23.2 Å². The van der Waals surface area contributed by atoms with Crippen LogP contribution in [-0.2, 0) is 26.2 Å². The molecule has 0 bridgehead atoms. The summed E-state index contributed by atoms with van der Waals surface area (Å²) in [6.07, 6.45) is 5.04. The minimum absolute atomic E-state index is 0.0332. The van der Waals surface area contributed by atoms with Crippen molar-refractivity contribution < 1.29 is 18.0 Å². The highest BCUT2D eigenvalue weighted by Gasteiger charge is 2.34. The predicted octanol–water partition coefficient (Wildman–Crippen LogP) is 6.36. The van der Waals surface area contributed by atoms with E-state index in [1.165, 1.54) is 17.0 Å². The molecule has 0 saturated heterocycles. The van der Waals surface area contributed by atoms with Crippen LogP contribution >= 0.6 is 23.2 Å². The van der Waals surface area contributed by atoms with Crippen LogP contribution in [0.4, 0.5) is 5.69 Å². The van der Waals surface area contributed by atoms with Gasteiger partial charge in [-0.25, -0.2) is 8.42 Å². The van der Waals surface area contributed by atoms with E-state index in [1.54, 1.807) is 74.5 Å². The molecular weight excluding hydrogens is 581 g/mol. The molecule has 3 aromatic rings. The van der Waals surface area contributed by atoms with Crippen molar-refractivity contribution >= 4 is 50.7 Å². The molecule has 1 fully saturated rings. The van der Waals surface area contributed by atoms with E-state index in [0.29, 0.717) is 21.2 Å². The summed E-state index contributed by atoms with van der Waals surface area (Å²) < 4.78 is 29.0. The lowest BCUT2D eigenvalue weighted by atomic mass is 9.95. The first kappa shape index (κ1) is 30.9. The minimum Gasteiger partial charge on any atom is -0.352 e. The van der Waals surface area contributed by atoms with Crippen molar-refractivity contribution in [2.75, 3.05) is 10.8 Å². The first-order valence-electron chi connectivity index (χ1n) is 13.8. The van der Waals surface area contributed by atoms with E-state index in [1.807, 2.05) is 0 Å². The normalized spacial score (nSPS) is 14.7. The average molecular weight is 617 g/mol. The second-order valence-corrected chi connectivity index (χ2v) is 13.0. The third kappa shape index (κ3) is 7.42. The molecule has 2 amide bonds. The summed E-state index contributed by atoms with van der Waals surface area (Å²) in [4.78, 5) is 29.0. The zero-order valence-corrected chi connectivity index (χ0v) is 25.6. The Bertz CT molecular complexity index is 1480. The lowest BCUT2D eigenvalue weighted by molar-refractivity contribution is -0.139. The van der Waals surface area contributed by atoms with Crippen LogP contribution in [0.1, 0.15) is 50.2 Å². The van der Waals surface area contributed by atoms with Gasteiger partial charge in [0.1, 0.15) is 12.6 Å². The Morgan fingerprint density at radius 1 is 0.902 bits per heavy atom. The molecule has 1 saturated carbocycles. The molecule has 1 aliphatic carbocycles. The van der Waals surface area contributed by atoms with Gasteiger partial charge in [-0.2, -0.15) is 0 Å². The number of halogens is 2. The Balaban J connectivity index is 1.71. The van der Waals surface area contributed by atoms with Crippen molar-refractivity contribution in [3.63, 3.8) is 0 Å². The Kier molecular flexibility index (Phi) is 10.3. The van der Waals surface area contributed by atoms with Gasteiger partial charge in [0, 0.05) is 22.6 Å². The fourth-order valence-corrected chi connectivity index (χ4v) is 6.92. The molecule has 3 aromatic carbocycles. The third-order valence-corrected chi connectivity index (χ3v) is 10.1. The Morgan fingerprint density at radius 2 is 1.54 bits per heavy atom. The topological polar surface area (TPSA) is 86.8 Å². The molecule has 1 atom stereocenters. The van der Waals surface area contributed by atoms with Crippen LogP contribution in [0.2, 0.25) is 10.0 Å². The zero-order chi connectivity index (χ0) is 29.6. The van der Waals surface area contributed by atoms with E-state index in [9.17, 15) is 18.0 Å². The number of carbonyl (C=O) groups is 2. The number of nitrogens with zero attached hydrogens (tertiary/aromatic N) is 2. The molecule has 0 unspecified atom stereocenters. The number of carbonyl (C=O) groups excluding carboxylic acids is 2. The van der Waals surface area contributed by atoms with Crippen LogP contribution in [0.25, 0.3) is 0 Å². The molecule has 1 aliphatic rings. The molecule has 0 heterocycles. The van der Waals surface area contributed by atoms with Gasteiger partial charge >= 0.3 is 0 Å². The van der Waals surface area contributed by atoms with Crippen LogP contribution in [0, 0.1) is 6.92 Å². The van der Waals surface area contributed by atoms with Crippen LogP contribution in [0.5, 0.6) is 0 Å². The first-order chi connectivity index (χ1) is 19.6. The largest absolute Gasteiger partial charge is 0.352 e. The standard InChI is InChI=1S/C31H35Cl2N3O4S/c1-22-27(32)18-11-19-29(22)36(41(39,40)26-15-7-4-8-16-26)21-30(37)35(20-24-12-9-10-17-28(24)33)23(2)31(38)34-25-13-5-3-6-14-25/h4,7-12,15-19,23,25H,3,5-6,13-14,20-21H2,1-2H3,(H,34,38)/t23-/m0/s1. The van der Waals surface area contributed by atoms with Gasteiger partial charge in [0.25, 0.3) is 10.0 Å².